The van der Waals surface area contributed by atoms with E-state index in [0.717, 1.165) is 22.2 Å². The van der Waals surface area contributed by atoms with E-state index in [-0.39, 0.29) is 17.2 Å². The number of anilines is 1. The first-order valence-electron chi connectivity index (χ1n) is 8.43. The molecular weight excluding hydrogens is 350 g/mol. The normalized spacial score (nSPS) is 13.8. The summed E-state index contributed by atoms with van der Waals surface area (Å²) in [6.07, 6.45) is 0.813. The van der Waals surface area contributed by atoms with Crippen LogP contribution in [-0.2, 0) is 27.7 Å². The van der Waals surface area contributed by atoms with Crippen molar-refractivity contribution in [2.75, 3.05) is 11.9 Å². The minimum absolute atomic E-state index is 0.114. The Morgan fingerprint density at radius 3 is 2.81 bits per heavy atom. The number of aromatic amines is 1. The van der Waals surface area contributed by atoms with E-state index in [0.29, 0.717) is 24.2 Å². The fourth-order valence-corrected chi connectivity index (χ4v) is 4.51. The summed E-state index contributed by atoms with van der Waals surface area (Å²) in [6, 6.07) is 12.7. The lowest BCUT2D eigenvalue weighted by Gasteiger charge is -2.08. The van der Waals surface area contributed by atoms with E-state index in [2.05, 4.69) is 15.0 Å². The van der Waals surface area contributed by atoms with Crippen LogP contribution in [0.3, 0.4) is 0 Å². The molecule has 134 valence electrons. The molecule has 0 saturated heterocycles. The van der Waals surface area contributed by atoms with E-state index in [1.165, 1.54) is 6.07 Å². The van der Waals surface area contributed by atoms with Gasteiger partial charge in [0.15, 0.2) is 0 Å². The van der Waals surface area contributed by atoms with E-state index in [1.54, 1.807) is 12.1 Å². The minimum atomic E-state index is -3.62. The van der Waals surface area contributed by atoms with Gasteiger partial charge in [-0.2, -0.15) is 0 Å². The van der Waals surface area contributed by atoms with Gasteiger partial charge in [0.25, 0.3) is 0 Å². The van der Waals surface area contributed by atoms with Gasteiger partial charge in [-0.1, -0.05) is 18.2 Å². The number of sulfonamides is 1. The first-order chi connectivity index (χ1) is 12.4. The van der Waals surface area contributed by atoms with Crippen LogP contribution in [0.4, 0.5) is 5.69 Å². The van der Waals surface area contributed by atoms with Crippen molar-refractivity contribution in [1.82, 2.24) is 9.71 Å². The fraction of sp³-hybridized carbons (Fsp3) is 0.211. The molecule has 0 unspecified atom stereocenters. The molecule has 2 aromatic carbocycles. The Labute approximate surface area is 151 Å². The van der Waals surface area contributed by atoms with E-state index < -0.39 is 10.0 Å². The Kier molecular flexibility index (Phi) is 4.05. The maximum Gasteiger partial charge on any atom is 0.240 e. The molecule has 0 fully saturated rings. The Hall–Kier alpha value is -2.64. The van der Waals surface area contributed by atoms with Crippen LogP contribution in [0.2, 0.25) is 0 Å². The molecule has 6 nitrogen and oxygen atoms in total. The van der Waals surface area contributed by atoms with Crippen LogP contribution in [-0.4, -0.2) is 25.9 Å². The molecule has 2 heterocycles. The smallest absolute Gasteiger partial charge is 0.240 e. The van der Waals surface area contributed by atoms with Crippen molar-refractivity contribution in [3.05, 3.63) is 59.3 Å². The molecular formula is C19H19N3O3S. The third kappa shape index (κ3) is 3.00. The number of carbonyl (C=O) groups excluding carboxylic acids is 1. The highest BCUT2D eigenvalue weighted by atomic mass is 32.2. The number of fused-ring (bicyclic) bond motifs is 2. The number of aryl methyl sites for hydroxylation is 1. The number of amides is 1. The zero-order valence-corrected chi connectivity index (χ0v) is 15.1. The standard InChI is InChI=1S/C19H19N3O3S/c1-12-15(16-4-2-3-5-18(16)21-12)8-9-20-26(24,25)14-6-7-17-13(10-14)11-19(23)22-17/h2-7,10,20-21H,8-9,11H2,1H3,(H,22,23). The van der Waals surface area contributed by atoms with Gasteiger partial charge in [0.1, 0.15) is 0 Å². The monoisotopic (exact) mass is 369 g/mol. The number of rotatable bonds is 5. The van der Waals surface area contributed by atoms with Crippen molar-refractivity contribution < 1.29 is 13.2 Å². The molecule has 0 bridgehead atoms. The number of para-hydroxylation sites is 1. The van der Waals surface area contributed by atoms with Crippen LogP contribution in [0.25, 0.3) is 10.9 Å². The third-order valence-electron chi connectivity index (χ3n) is 4.71. The highest BCUT2D eigenvalue weighted by Gasteiger charge is 2.21. The number of nitrogens with one attached hydrogen (secondary N) is 3. The van der Waals surface area contributed by atoms with Gasteiger partial charge in [-0.3, -0.25) is 4.79 Å². The summed E-state index contributed by atoms with van der Waals surface area (Å²) in [5.74, 6) is -0.114. The Balaban J connectivity index is 1.50. The first-order valence-corrected chi connectivity index (χ1v) is 9.91. The van der Waals surface area contributed by atoms with Gasteiger partial charge in [0, 0.05) is 28.8 Å². The summed E-state index contributed by atoms with van der Waals surface area (Å²) in [5.41, 5.74) is 4.62. The number of aromatic nitrogens is 1. The summed E-state index contributed by atoms with van der Waals surface area (Å²) in [4.78, 5) is 14.9. The average Bonchev–Trinajstić information content (AvgIpc) is 3.13. The zero-order valence-electron chi connectivity index (χ0n) is 14.3. The topological polar surface area (TPSA) is 91.1 Å². The van der Waals surface area contributed by atoms with Crippen molar-refractivity contribution in [2.24, 2.45) is 0 Å². The lowest BCUT2D eigenvalue weighted by molar-refractivity contribution is -0.115. The summed E-state index contributed by atoms with van der Waals surface area (Å²) in [5, 5.41) is 3.82. The maximum absolute atomic E-state index is 12.6. The van der Waals surface area contributed by atoms with Gasteiger partial charge in [-0.25, -0.2) is 13.1 Å². The second-order valence-electron chi connectivity index (χ2n) is 6.47. The van der Waals surface area contributed by atoms with Gasteiger partial charge < -0.3 is 10.3 Å². The van der Waals surface area contributed by atoms with Gasteiger partial charge in [0.2, 0.25) is 15.9 Å². The van der Waals surface area contributed by atoms with E-state index in [9.17, 15) is 13.2 Å². The summed E-state index contributed by atoms with van der Waals surface area (Å²) < 4.78 is 27.8. The van der Waals surface area contributed by atoms with E-state index >= 15 is 0 Å². The SMILES string of the molecule is Cc1[nH]c2ccccc2c1CCNS(=O)(=O)c1ccc2c(c1)CC(=O)N2. The largest absolute Gasteiger partial charge is 0.358 e. The number of benzene rings is 2. The van der Waals surface area contributed by atoms with Gasteiger partial charge in [-0.15, -0.1) is 0 Å². The number of hydrogen-bond acceptors (Lipinski definition) is 3. The Morgan fingerprint density at radius 2 is 1.96 bits per heavy atom. The third-order valence-corrected chi connectivity index (χ3v) is 6.16. The molecule has 0 spiro atoms. The summed E-state index contributed by atoms with van der Waals surface area (Å²) >= 11 is 0. The Morgan fingerprint density at radius 1 is 1.15 bits per heavy atom. The summed E-state index contributed by atoms with van der Waals surface area (Å²) in [7, 11) is -3.62. The predicted molar refractivity (Wildman–Crippen MR) is 101 cm³/mol. The number of hydrogen-bond donors (Lipinski definition) is 3. The van der Waals surface area contributed by atoms with Crippen molar-refractivity contribution in [3.8, 4) is 0 Å². The second kappa shape index (κ2) is 6.26. The molecule has 1 aliphatic rings. The fourth-order valence-electron chi connectivity index (χ4n) is 3.42. The van der Waals surface area contributed by atoms with Gasteiger partial charge in [0.05, 0.1) is 11.3 Å². The van der Waals surface area contributed by atoms with E-state index in [1.807, 2.05) is 31.2 Å². The quantitative estimate of drug-likeness (QED) is 0.645. The zero-order chi connectivity index (χ0) is 18.3. The van der Waals surface area contributed by atoms with Gasteiger partial charge in [-0.05, 0) is 48.7 Å². The number of carbonyl (C=O) groups is 1. The molecule has 26 heavy (non-hydrogen) atoms. The van der Waals surface area contributed by atoms with Crippen molar-refractivity contribution >= 4 is 32.5 Å². The van der Waals surface area contributed by atoms with Crippen LogP contribution in [0.5, 0.6) is 0 Å². The van der Waals surface area contributed by atoms with Crippen molar-refractivity contribution in [2.45, 2.75) is 24.7 Å². The first kappa shape index (κ1) is 16.8. The molecule has 3 N–H and O–H groups in total. The van der Waals surface area contributed by atoms with E-state index in [4.69, 9.17) is 0 Å². The highest BCUT2D eigenvalue weighted by Crippen LogP contribution is 2.26. The molecule has 1 aromatic heterocycles. The van der Waals surface area contributed by atoms with Crippen LogP contribution >= 0.6 is 0 Å². The molecule has 1 amide bonds. The minimum Gasteiger partial charge on any atom is -0.358 e. The van der Waals surface area contributed by atoms with Crippen LogP contribution in [0.15, 0.2) is 47.4 Å². The van der Waals surface area contributed by atoms with Crippen LogP contribution in [0, 0.1) is 6.92 Å². The molecule has 0 aliphatic carbocycles. The van der Waals surface area contributed by atoms with Crippen molar-refractivity contribution in [3.63, 3.8) is 0 Å². The lowest BCUT2D eigenvalue weighted by atomic mass is 10.1. The van der Waals surface area contributed by atoms with Crippen molar-refractivity contribution in [1.29, 1.82) is 0 Å². The van der Waals surface area contributed by atoms with Crippen LogP contribution in [0.1, 0.15) is 16.8 Å². The van der Waals surface area contributed by atoms with Gasteiger partial charge >= 0.3 is 0 Å². The second-order valence-corrected chi connectivity index (χ2v) is 8.23. The lowest BCUT2D eigenvalue weighted by Crippen LogP contribution is -2.26. The molecule has 7 heteroatoms. The Bertz CT molecular complexity index is 1120. The molecule has 0 radical (unpaired) electrons. The predicted octanol–water partition coefficient (Wildman–Crippen LogP) is 2.49. The molecule has 0 saturated carbocycles. The molecule has 4 rings (SSSR count). The summed E-state index contributed by atoms with van der Waals surface area (Å²) in [6.45, 7) is 2.30. The highest BCUT2D eigenvalue weighted by molar-refractivity contribution is 7.89. The molecule has 1 aliphatic heterocycles. The number of H-pyrrole nitrogens is 1. The maximum atomic E-state index is 12.6. The van der Waals surface area contributed by atoms with Crippen LogP contribution < -0.4 is 10.0 Å². The average molecular weight is 369 g/mol. The molecule has 3 aromatic rings. The molecule has 0 atom stereocenters.